The lowest BCUT2D eigenvalue weighted by atomic mass is 10.1. The third-order valence-corrected chi connectivity index (χ3v) is 4.25. The standard InChI is InChI=1S/C20H23N3O2/c1-4-25-12-19(24)21-11-15-5-7-16(8-6-15)20-22-17-9-13(2)14(3)10-18(17)23-20/h5-10H,4,11-12H2,1-3H3,(H,21,24)(H,22,23). The number of hydrogen-bond acceptors (Lipinski definition) is 3. The zero-order chi connectivity index (χ0) is 17.8. The highest BCUT2D eigenvalue weighted by atomic mass is 16.5. The number of aryl methyl sites for hydroxylation is 2. The van der Waals surface area contributed by atoms with Crippen LogP contribution in [0.15, 0.2) is 36.4 Å². The number of imidazole rings is 1. The zero-order valence-corrected chi connectivity index (χ0v) is 14.8. The van der Waals surface area contributed by atoms with Gasteiger partial charge in [-0.25, -0.2) is 4.98 Å². The second-order valence-corrected chi connectivity index (χ2v) is 6.15. The highest BCUT2D eigenvalue weighted by molar-refractivity contribution is 5.81. The smallest absolute Gasteiger partial charge is 0.246 e. The van der Waals surface area contributed by atoms with Gasteiger partial charge >= 0.3 is 0 Å². The molecule has 0 spiro atoms. The van der Waals surface area contributed by atoms with Crippen molar-refractivity contribution in [1.29, 1.82) is 0 Å². The molecule has 0 saturated carbocycles. The number of fused-ring (bicyclic) bond motifs is 1. The molecule has 0 bridgehead atoms. The maximum atomic E-state index is 11.6. The first kappa shape index (κ1) is 17.2. The molecule has 5 heteroatoms. The lowest BCUT2D eigenvalue weighted by Crippen LogP contribution is -2.27. The minimum atomic E-state index is -0.103. The Labute approximate surface area is 147 Å². The van der Waals surface area contributed by atoms with Gasteiger partial charge in [-0.1, -0.05) is 24.3 Å². The largest absolute Gasteiger partial charge is 0.372 e. The van der Waals surface area contributed by atoms with Crippen molar-refractivity contribution in [3.05, 3.63) is 53.1 Å². The molecule has 0 fully saturated rings. The molecule has 0 aliphatic carbocycles. The molecule has 25 heavy (non-hydrogen) atoms. The zero-order valence-electron chi connectivity index (χ0n) is 14.8. The van der Waals surface area contributed by atoms with E-state index in [1.54, 1.807) is 0 Å². The van der Waals surface area contributed by atoms with Gasteiger partial charge in [-0.05, 0) is 49.6 Å². The molecule has 0 aliphatic heterocycles. The molecule has 3 rings (SSSR count). The molecule has 2 aromatic carbocycles. The van der Waals surface area contributed by atoms with Crippen molar-refractivity contribution < 1.29 is 9.53 Å². The molecule has 2 N–H and O–H groups in total. The van der Waals surface area contributed by atoms with Crippen LogP contribution in [-0.2, 0) is 16.1 Å². The van der Waals surface area contributed by atoms with Gasteiger partial charge in [0.05, 0.1) is 11.0 Å². The molecular formula is C20H23N3O2. The number of carbonyl (C=O) groups is 1. The summed E-state index contributed by atoms with van der Waals surface area (Å²) in [6.45, 7) is 7.20. The maximum absolute atomic E-state index is 11.6. The summed E-state index contributed by atoms with van der Waals surface area (Å²) in [7, 11) is 0. The molecule has 0 aliphatic rings. The van der Waals surface area contributed by atoms with Crippen LogP contribution in [0.2, 0.25) is 0 Å². The van der Waals surface area contributed by atoms with E-state index in [4.69, 9.17) is 4.74 Å². The topological polar surface area (TPSA) is 67.0 Å². The predicted molar refractivity (Wildman–Crippen MR) is 99.3 cm³/mol. The summed E-state index contributed by atoms with van der Waals surface area (Å²) in [4.78, 5) is 19.6. The summed E-state index contributed by atoms with van der Waals surface area (Å²) in [6, 6.07) is 12.3. The van der Waals surface area contributed by atoms with Crippen molar-refractivity contribution in [2.45, 2.75) is 27.3 Å². The van der Waals surface area contributed by atoms with Crippen LogP contribution in [-0.4, -0.2) is 29.1 Å². The number of carbonyl (C=O) groups excluding carboxylic acids is 1. The Hall–Kier alpha value is -2.66. The number of aromatic nitrogens is 2. The molecule has 1 amide bonds. The van der Waals surface area contributed by atoms with E-state index >= 15 is 0 Å². The monoisotopic (exact) mass is 337 g/mol. The van der Waals surface area contributed by atoms with Gasteiger partial charge in [0.15, 0.2) is 0 Å². The van der Waals surface area contributed by atoms with Crippen LogP contribution in [0.1, 0.15) is 23.6 Å². The number of nitrogens with zero attached hydrogens (tertiary/aromatic N) is 1. The fraction of sp³-hybridized carbons (Fsp3) is 0.300. The molecule has 0 radical (unpaired) electrons. The molecule has 0 atom stereocenters. The molecular weight excluding hydrogens is 314 g/mol. The summed E-state index contributed by atoms with van der Waals surface area (Å²) < 4.78 is 5.08. The van der Waals surface area contributed by atoms with Gasteiger partial charge in [0.1, 0.15) is 12.4 Å². The fourth-order valence-electron chi connectivity index (χ4n) is 2.63. The van der Waals surface area contributed by atoms with Crippen LogP contribution < -0.4 is 5.32 Å². The number of benzene rings is 2. The highest BCUT2D eigenvalue weighted by Crippen LogP contribution is 2.23. The molecule has 5 nitrogen and oxygen atoms in total. The van der Waals surface area contributed by atoms with Gasteiger partial charge in [0.25, 0.3) is 0 Å². The quantitative estimate of drug-likeness (QED) is 0.723. The van der Waals surface area contributed by atoms with Gasteiger partial charge in [-0.15, -0.1) is 0 Å². The van der Waals surface area contributed by atoms with Crippen molar-refractivity contribution in [1.82, 2.24) is 15.3 Å². The van der Waals surface area contributed by atoms with Crippen LogP contribution >= 0.6 is 0 Å². The van der Waals surface area contributed by atoms with Gasteiger partial charge in [0.2, 0.25) is 5.91 Å². The van der Waals surface area contributed by atoms with Crippen molar-refractivity contribution in [2.75, 3.05) is 13.2 Å². The normalized spacial score (nSPS) is 11.0. The molecule has 0 unspecified atom stereocenters. The number of rotatable bonds is 6. The molecule has 3 aromatic rings. The van der Waals surface area contributed by atoms with Crippen LogP contribution in [0, 0.1) is 13.8 Å². The van der Waals surface area contributed by atoms with E-state index in [1.165, 1.54) is 11.1 Å². The summed E-state index contributed by atoms with van der Waals surface area (Å²) in [6.07, 6.45) is 0. The first-order valence-electron chi connectivity index (χ1n) is 8.47. The van der Waals surface area contributed by atoms with Gasteiger partial charge in [-0.2, -0.15) is 0 Å². The Morgan fingerprint density at radius 2 is 1.88 bits per heavy atom. The number of nitrogens with one attached hydrogen (secondary N) is 2. The Kier molecular flexibility index (Phi) is 5.14. The average molecular weight is 337 g/mol. The Bertz CT molecular complexity index is 843. The van der Waals surface area contributed by atoms with Crippen LogP contribution in [0.4, 0.5) is 0 Å². The first-order valence-corrected chi connectivity index (χ1v) is 8.47. The van der Waals surface area contributed by atoms with E-state index in [1.807, 2.05) is 31.2 Å². The number of aromatic amines is 1. The van der Waals surface area contributed by atoms with Crippen molar-refractivity contribution in [3.63, 3.8) is 0 Å². The van der Waals surface area contributed by atoms with Crippen molar-refractivity contribution >= 4 is 16.9 Å². The van der Waals surface area contributed by atoms with Gasteiger partial charge in [0, 0.05) is 18.7 Å². The van der Waals surface area contributed by atoms with E-state index in [2.05, 4.69) is 41.3 Å². The molecule has 130 valence electrons. The van der Waals surface area contributed by atoms with Gasteiger partial charge in [-0.3, -0.25) is 4.79 Å². The summed E-state index contributed by atoms with van der Waals surface area (Å²) in [5.41, 5.74) is 6.58. The SMILES string of the molecule is CCOCC(=O)NCc1ccc(-c2nc3cc(C)c(C)cc3[nH]2)cc1. The number of hydrogen-bond donors (Lipinski definition) is 2. The minimum Gasteiger partial charge on any atom is -0.372 e. The first-order chi connectivity index (χ1) is 12.1. The van der Waals surface area contributed by atoms with Crippen LogP contribution in [0.3, 0.4) is 0 Å². The van der Waals surface area contributed by atoms with Gasteiger partial charge < -0.3 is 15.0 Å². The summed E-state index contributed by atoms with van der Waals surface area (Å²) >= 11 is 0. The highest BCUT2D eigenvalue weighted by Gasteiger charge is 2.07. The third kappa shape index (κ3) is 4.06. The lowest BCUT2D eigenvalue weighted by Gasteiger charge is -2.06. The number of ether oxygens (including phenoxy) is 1. The lowest BCUT2D eigenvalue weighted by molar-refractivity contribution is -0.125. The maximum Gasteiger partial charge on any atom is 0.246 e. The fourth-order valence-corrected chi connectivity index (χ4v) is 2.63. The van der Waals surface area contributed by atoms with E-state index < -0.39 is 0 Å². The number of H-pyrrole nitrogens is 1. The second kappa shape index (κ2) is 7.49. The summed E-state index contributed by atoms with van der Waals surface area (Å²) in [5.74, 6) is 0.751. The summed E-state index contributed by atoms with van der Waals surface area (Å²) in [5, 5.41) is 2.84. The van der Waals surface area contributed by atoms with Crippen LogP contribution in [0.5, 0.6) is 0 Å². The molecule has 1 heterocycles. The van der Waals surface area contributed by atoms with E-state index in [-0.39, 0.29) is 12.5 Å². The minimum absolute atomic E-state index is 0.103. The second-order valence-electron chi connectivity index (χ2n) is 6.15. The Balaban J connectivity index is 1.71. The third-order valence-electron chi connectivity index (χ3n) is 4.25. The van der Waals surface area contributed by atoms with Crippen molar-refractivity contribution in [2.24, 2.45) is 0 Å². The van der Waals surface area contributed by atoms with Crippen molar-refractivity contribution in [3.8, 4) is 11.4 Å². The molecule has 1 aromatic heterocycles. The van der Waals surface area contributed by atoms with E-state index in [9.17, 15) is 4.79 Å². The Morgan fingerprint density at radius 1 is 1.16 bits per heavy atom. The molecule has 0 saturated heterocycles. The van der Waals surface area contributed by atoms with Crippen LogP contribution in [0.25, 0.3) is 22.4 Å². The van der Waals surface area contributed by atoms with E-state index in [0.717, 1.165) is 28.0 Å². The number of amides is 1. The predicted octanol–water partition coefficient (Wildman–Crippen LogP) is 3.50. The average Bonchev–Trinajstić information content (AvgIpc) is 3.01. The van der Waals surface area contributed by atoms with E-state index in [0.29, 0.717) is 13.2 Å². The Morgan fingerprint density at radius 3 is 2.60 bits per heavy atom.